The van der Waals surface area contributed by atoms with Crippen molar-refractivity contribution in [2.24, 2.45) is 5.92 Å². The van der Waals surface area contributed by atoms with Crippen molar-refractivity contribution in [3.63, 3.8) is 0 Å². The van der Waals surface area contributed by atoms with E-state index < -0.39 is 12.1 Å². The molecule has 154 valence electrons. The van der Waals surface area contributed by atoms with Crippen LogP contribution in [0.15, 0.2) is 24.3 Å². The highest BCUT2D eigenvalue weighted by Crippen LogP contribution is 2.29. The van der Waals surface area contributed by atoms with Gasteiger partial charge in [0, 0.05) is 0 Å². The number of rotatable bonds is 8. The minimum Gasteiger partial charge on any atom is -0.348 e. The second-order valence-corrected chi connectivity index (χ2v) is 7.67. The van der Waals surface area contributed by atoms with Crippen molar-refractivity contribution in [3.05, 3.63) is 35.4 Å². The van der Waals surface area contributed by atoms with Gasteiger partial charge in [0.25, 0.3) is 0 Å². The molecule has 3 atom stereocenters. The first-order chi connectivity index (χ1) is 13.3. The van der Waals surface area contributed by atoms with Crippen LogP contribution in [-0.2, 0) is 20.8 Å². The molecule has 28 heavy (non-hydrogen) atoms. The average molecular weight is 389 g/mol. The van der Waals surface area contributed by atoms with E-state index in [9.17, 15) is 14.4 Å². The quantitative estimate of drug-likeness (QED) is 0.535. The molecule has 0 spiro atoms. The van der Waals surface area contributed by atoms with Crippen LogP contribution >= 0.6 is 0 Å². The zero-order valence-electron chi connectivity index (χ0n) is 17.2. The molecular weight excluding hydrogens is 356 g/mol. The van der Waals surface area contributed by atoms with E-state index in [0.717, 1.165) is 24.8 Å². The van der Waals surface area contributed by atoms with E-state index in [0.29, 0.717) is 0 Å². The lowest BCUT2D eigenvalue weighted by Gasteiger charge is -2.27. The Labute approximate surface area is 167 Å². The van der Waals surface area contributed by atoms with Gasteiger partial charge in [-0.25, -0.2) is 0 Å². The summed E-state index contributed by atoms with van der Waals surface area (Å²) in [6.07, 6.45) is 2.95. The molecule has 0 saturated carbocycles. The fourth-order valence-electron chi connectivity index (χ4n) is 3.37. The second kappa shape index (κ2) is 10.2. The van der Waals surface area contributed by atoms with Crippen LogP contribution < -0.4 is 21.3 Å². The number of nitrogens with one attached hydrogen (secondary N) is 4. The van der Waals surface area contributed by atoms with E-state index in [1.807, 2.05) is 32.0 Å². The van der Waals surface area contributed by atoms with Crippen molar-refractivity contribution < 1.29 is 14.4 Å². The predicted octanol–water partition coefficient (Wildman–Crippen LogP) is 1.05. The third-order valence-electron chi connectivity index (χ3n) is 5.20. The lowest BCUT2D eigenvalue weighted by molar-refractivity contribution is -0.132. The fourth-order valence-corrected chi connectivity index (χ4v) is 3.37. The standard InChI is InChI=1S/C21H32N4O3/c1-13(2)19(25-20(27)14(3)22-4)21(28)23-12-18(26)24-17-11-7-9-15-8-5-6-10-16(15)17/h5-6,8,10,13-14,17,19,22H,7,9,11-12H2,1-4H3,(H,23,28)(H,24,26)(H,25,27). The zero-order chi connectivity index (χ0) is 20.7. The van der Waals surface area contributed by atoms with Crippen LogP contribution in [0.4, 0.5) is 0 Å². The molecule has 0 aliphatic heterocycles. The molecule has 0 saturated heterocycles. The summed E-state index contributed by atoms with van der Waals surface area (Å²) >= 11 is 0. The smallest absolute Gasteiger partial charge is 0.243 e. The average Bonchev–Trinajstić information content (AvgIpc) is 2.69. The summed E-state index contributed by atoms with van der Waals surface area (Å²) < 4.78 is 0. The predicted molar refractivity (Wildman–Crippen MR) is 109 cm³/mol. The van der Waals surface area contributed by atoms with Crippen molar-refractivity contribution >= 4 is 17.7 Å². The van der Waals surface area contributed by atoms with Crippen molar-refractivity contribution in [1.29, 1.82) is 0 Å². The summed E-state index contributed by atoms with van der Waals surface area (Å²) in [5.41, 5.74) is 2.42. The van der Waals surface area contributed by atoms with E-state index in [-0.39, 0.29) is 36.2 Å². The van der Waals surface area contributed by atoms with Crippen LogP contribution in [-0.4, -0.2) is 43.4 Å². The number of carbonyl (C=O) groups is 3. The van der Waals surface area contributed by atoms with Gasteiger partial charge in [0.1, 0.15) is 6.04 Å². The molecule has 1 aromatic rings. The number of hydrogen-bond donors (Lipinski definition) is 4. The molecule has 3 unspecified atom stereocenters. The van der Waals surface area contributed by atoms with Crippen molar-refractivity contribution in [2.75, 3.05) is 13.6 Å². The molecule has 0 aromatic heterocycles. The fraction of sp³-hybridized carbons (Fsp3) is 0.571. The van der Waals surface area contributed by atoms with Gasteiger partial charge in [0.2, 0.25) is 17.7 Å². The summed E-state index contributed by atoms with van der Waals surface area (Å²) in [4.78, 5) is 36.9. The monoisotopic (exact) mass is 388 g/mol. The molecule has 3 amide bonds. The SMILES string of the molecule is CNC(C)C(=O)NC(C(=O)NCC(=O)NC1CCCc2ccccc21)C(C)C. The van der Waals surface area contributed by atoms with Crippen LogP contribution in [0, 0.1) is 5.92 Å². The summed E-state index contributed by atoms with van der Waals surface area (Å²) in [5.74, 6) is -0.931. The van der Waals surface area contributed by atoms with Gasteiger partial charge in [-0.1, -0.05) is 38.1 Å². The Hall–Kier alpha value is -2.41. The highest BCUT2D eigenvalue weighted by atomic mass is 16.2. The Morgan fingerprint density at radius 3 is 2.50 bits per heavy atom. The van der Waals surface area contributed by atoms with Crippen LogP contribution in [0.2, 0.25) is 0 Å². The minimum atomic E-state index is -0.688. The first-order valence-electron chi connectivity index (χ1n) is 9.96. The largest absolute Gasteiger partial charge is 0.348 e. The summed E-state index contributed by atoms with van der Waals surface area (Å²) in [6.45, 7) is 5.32. The molecule has 1 aliphatic rings. The van der Waals surface area contributed by atoms with E-state index in [4.69, 9.17) is 0 Å². The van der Waals surface area contributed by atoms with Gasteiger partial charge >= 0.3 is 0 Å². The Balaban J connectivity index is 1.89. The topological polar surface area (TPSA) is 99.3 Å². The second-order valence-electron chi connectivity index (χ2n) is 7.67. The van der Waals surface area contributed by atoms with Crippen LogP contribution in [0.25, 0.3) is 0 Å². The number of likely N-dealkylation sites (N-methyl/N-ethyl adjacent to an activating group) is 1. The van der Waals surface area contributed by atoms with E-state index in [1.165, 1.54) is 5.56 Å². The Kier molecular flexibility index (Phi) is 7.99. The molecule has 7 nitrogen and oxygen atoms in total. The molecule has 0 radical (unpaired) electrons. The van der Waals surface area contributed by atoms with Gasteiger partial charge in [0.05, 0.1) is 18.6 Å². The number of hydrogen-bond acceptors (Lipinski definition) is 4. The summed E-state index contributed by atoms with van der Waals surface area (Å²) in [5, 5.41) is 11.3. The van der Waals surface area contributed by atoms with Gasteiger partial charge in [-0.05, 0) is 50.3 Å². The highest BCUT2D eigenvalue weighted by molar-refractivity contribution is 5.92. The van der Waals surface area contributed by atoms with E-state index in [2.05, 4.69) is 27.3 Å². The highest BCUT2D eigenvalue weighted by Gasteiger charge is 2.27. The molecule has 0 fully saturated rings. The van der Waals surface area contributed by atoms with Crippen molar-refractivity contribution in [3.8, 4) is 0 Å². The number of amides is 3. The van der Waals surface area contributed by atoms with Crippen molar-refractivity contribution in [1.82, 2.24) is 21.3 Å². The first-order valence-corrected chi connectivity index (χ1v) is 9.96. The molecule has 0 bridgehead atoms. The van der Waals surface area contributed by atoms with Crippen LogP contribution in [0.5, 0.6) is 0 Å². The normalized spacial score (nSPS) is 18.0. The molecule has 2 rings (SSSR count). The lowest BCUT2D eigenvalue weighted by atomic mass is 9.88. The van der Waals surface area contributed by atoms with Crippen LogP contribution in [0.1, 0.15) is 50.8 Å². The third-order valence-corrected chi connectivity index (χ3v) is 5.20. The van der Waals surface area contributed by atoms with Gasteiger partial charge in [-0.3, -0.25) is 14.4 Å². The minimum absolute atomic E-state index is 0.0218. The molecule has 1 aliphatic carbocycles. The Morgan fingerprint density at radius 2 is 1.82 bits per heavy atom. The molecular formula is C21H32N4O3. The summed E-state index contributed by atoms with van der Waals surface area (Å²) in [6, 6.07) is 7.02. The number of fused-ring (bicyclic) bond motifs is 1. The Bertz CT molecular complexity index is 705. The van der Waals surface area contributed by atoms with E-state index >= 15 is 0 Å². The van der Waals surface area contributed by atoms with Gasteiger partial charge in [-0.2, -0.15) is 0 Å². The maximum Gasteiger partial charge on any atom is 0.243 e. The van der Waals surface area contributed by atoms with Crippen LogP contribution in [0.3, 0.4) is 0 Å². The molecule has 7 heteroatoms. The maximum absolute atomic E-state index is 12.5. The zero-order valence-corrected chi connectivity index (χ0v) is 17.2. The van der Waals surface area contributed by atoms with Gasteiger partial charge < -0.3 is 21.3 Å². The van der Waals surface area contributed by atoms with Gasteiger partial charge in [-0.15, -0.1) is 0 Å². The van der Waals surface area contributed by atoms with E-state index in [1.54, 1.807) is 14.0 Å². The molecule has 4 N–H and O–H groups in total. The van der Waals surface area contributed by atoms with Gasteiger partial charge in [0.15, 0.2) is 0 Å². The maximum atomic E-state index is 12.5. The lowest BCUT2D eigenvalue weighted by Crippen LogP contribution is -2.54. The molecule has 1 aromatic carbocycles. The Morgan fingerprint density at radius 1 is 1.11 bits per heavy atom. The third kappa shape index (κ3) is 5.79. The molecule has 0 heterocycles. The number of carbonyl (C=O) groups excluding carboxylic acids is 3. The number of benzene rings is 1. The number of aryl methyl sites for hydroxylation is 1. The summed E-state index contributed by atoms with van der Waals surface area (Å²) in [7, 11) is 1.68. The first kappa shape index (κ1) is 21.9. The van der Waals surface area contributed by atoms with Crippen molar-refractivity contribution in [2.45, 2.75) is 58.2 Å².